The highest BCUT2D eigenvalue weighted by Gasteiger charge is 2.12. The fraction of sp³-hybridized carbons (Fsp3) is 0.136. The van der Waals surface area contributed by atoms with E-state index in [0.29, 0.717) is 35.3 Å². The number of nitrogens with one attached hydrogen (secondary N) is 1. The lowest BCUT2D eigenvalue weighted by atomic mass is 10.2. The molecule has 0 unspecified atom stereocenters. The smallest absolute Gasteiger partial charge is 0.289 e. The summed E-state index contributed by atoms with van der Waals surface area (Å²) in [4.78, 5) is 16.0. The number of amides is 1. The molecular weight excluding hydrogens is 470 g/mol. The van der Waals surface area contributed by atoms with Crippen molar-refractivity contribution in [2.45, 2.75) is 13.5 Å². The van der Waals surface area contributed by atoms with E-state index >= 15 is 0 Å². The lowest BCUT2D eigenvalue weighted by molar-refractivity contribution is 0.0950. The van der Waals surface area contributed by atoms with Crippen LogP contribution in [0.1, 0.15) is 28.5 Å². The number of ether oxygens (including phenoxy) is 2. The molecule has 2 aromatic carbocycles. The van der Waals surface area contributed by atoms with Crippen molar-refractivity contribution in [3.8, 4) is 11.5 Å². The van der Waals surface area contributed by atoms with Crippen molar-refractivity contribution < 1.29 is 14.3 Å². The van der Waals surface area contributed by atoms with E-state index in [4.69, 9.17) is 21.1 Å². The first-order valence-electron chi connectivity index (χ1n) is 9.15. The fourth-order valence-corrected chi connectivity index (χ4v) is 3.13. The van der Waals surface area contributed by atoms with E-state index < -0.39 is 5.91 Å². The number of rotatable bonds is 8. The number of carbonyl (C=O) groups excluding carboxylic acids is 1. The summed E-state index contributed by atoms with van der Waals surface area (Å²) < 4.78 is 12.4. The van der Waals surface area contributed by atoms with Gasteiger partial charge in [0.15, 0.2) is 11.5 Å². The van der Waals surface area contributed by atoms with Crippen LogP contribution in [0.3, 0.4) is 0 Å². The van der Waals surface area contributed by atoms with Gasteiger partial charge in [0.25, 0.3) is 5.91 Å². The van der Waals surface area contributed by atoms with Gasteiger partial charge in [-0.15, -0.1) is 0 Å². The predicted octanol–water partition coefficient (Wildman–Crippen LogP) is 5.24. The first-order chi connectivity index (χ1) is 14.6. The molecule has 0 spiro atoms. The lowest BCUT2D eigenvalue weighted by Gasteiger charge is -2.14. The van der Waals surface area contributed by atoms with Crippen molar-refractivity contribution >= 4 is 39.7 Å². The third kappa shape index (κ3) is 5.81. The topological polar surface area (TPSA) is 72.8 Å². The average molecular weight is 489 g/mol. The van der Waals surface area contributed by atoms with Crippen LogP contribution in [-0.4, -0.2) is 23.7 Å². The van der Waals surface area contributed by atoms with Crippen LogP contribution < -0.4 is 14.9 Å². The molecule has 0 atom stereocenters. The third-order valence-electron chi connectivity index (χ3n) is 3.97. The molecule has 3 aromatic rings. The van der Waals surface area contributed by atoms with Crippen molar-refractivity contribution in [1.29, 1.82) is 0 Å². The number of hydrazone groups is 1. The molecule has 1 amide bonds. The molecule has 6 nitrogen and oxygen atoms in total. The summed E-state index contributed by atoms with van der Waals surface area (Å²) >= 11 is 9.71. The molecule has 1 N–H and O–H groups in total. The summed E-state index contributed by atoms with van der Waals surface area (Å²) in [5, 5.41) is 4.65. The summed E-state index contributed by atoms with van der Waals surface area (Å²) in [6.07, 6.45) is 3.07. The molecule has 0 aliphatic carbocycles. The van der Waals surface area contributed by atoms with Crippen LogP contribution in [0.4, 0.5) is 0 Å². The predicted molar refractivity (Wildman–Crippen MR) is 120 cm³/mol. The maximum atomic E-state index is 12.0. The Labute approximate surface area is 188 Å². The number of nitrogens with zero attached hydrogens (tertiary/aromatic N) is 2. The molecule has 154 valence electrons. The average Bonchev–Trinajstić information content (AvgIpc) is 2.76. The van der Waals surface area contributed by atoms with E-state index in [1.807, 2.05) is 31.2 Å². The molecule has 0 aliphatic heterocycles. The summed E-state index contributed by atoms with van der Waals surface area (Å²) in [5.41, 5.74) is 4.33. The largest absolute Gasteiger partial charge is 0.490 e. The minimum Gasteiger partial charge on any atom is -0.490 e. The molecule has 0 saturated heterocycles. The van der Waals surface area contributed by atoms with Gasteiger partial charge >= 0.3 is 0 Å². The molecule has 0 saturated carbocycles. The number of hydrogen-bond acceptors (Lipinski definition) is 5. The minimum absolute atomic E-state index is 0.284. The molecule has 1 heterocycles. The van der Waals surface area contributed by atoms with Crippen LogP contribution in [0, 0.1) is 0 Å². The molecule has 0 aliphatic rings. The van der Waals surface area contributed by atoms with E-state index in [9.17, 15) is 4.79 Å². The Morgan fingerprint density at radius 1 is 1.17 bits per heavy atom. The van der Waals surface area contributed by atoms with Gasteiger partial charge in [-0.1, -0.05) is 35.9 Å². The standard InChI is InChI=1S/C22H19BrClN3O3/c1-2-29-20-11-16(13-26-27-22(28)19-9-5-6-10-25-19)17(23)12-21(20)30-14-15-7-3-4-8-18(15)24/h3-13H,2,14H2,1H3,(H,27,28)/b26-13-. The Hall–Kier alpha value is -2.90. The van der Waals surface area contributed by atoms with E-state index in [1.54, 1.807) is 36.5 Å². The van der Waals surface area contributed by atoms with Crippen molar-refractivity contribution in [3.63, 3.8) is 0 Å². The number of aromatic nitrogens is 1. The highest BCUT2D eigenvalue weighted by Crippen LogP contribution is 2.34. The summed E-state index contributed by atoms with van der Waals surface area (Å²) in [5.74, 6) is 0.733. The number of pyridine rings is 1. The zero-order valence-electron chi connectivity index (χ0n) is 16.1. The number of halogens is 2. The highest BCUT2D eigenvalue weighted by atomic mass is 79.9. The fourth-order valence-electron chi connectivity index (χ4n) is 2.52. The van der Waals surface area contributed by atoms with Crippen LogP contribution in [0.5, 0.6) is 11.5 Å². The van der Waals surface area contributed by atoms with Gasteiger partial charge in [0.05, 0.1) is 12.8 Å². The summed E-state index contributed by atoms with van der Waals surface area (Å²) in [6, 6.07) is 16.2. The third-order valence-corrected chi connectivity index (χ3v) is 5.03. The maximum absolute atomic E-state index is 12.0. The van der Waals surface area contributed by atoms with Gasteiger partial charge < -0.3 is 9.47 Å². The van der Waals surface area contributed by atoms with Crippen molar-refractivity contribution in [2.24, 2.45) is 5.10 Å². The molecule has 0 bridgehead atoms. The van der Waals surface area contributed by atoms with Gasteiger partial charge in [0, 0.05) is 26.8 Å². The van der Waals surface area contributed by atoms with Crippen LogP contribution >= 0.6 is 27.5 Å². The Bertz CT molecular complexity index is 1050. The lowest BCUT2D eigenvalue weighted by Crippen LogP contribution is -2.18. The highest BCUT2D eigenvalue weighted by molar-refractivity contribution is 9.10. The SMILES string of the molecule is CCOc1cc(/C=N\NC(=O)c2ccccn2)c(Br)cc1OCc1ccccc1Cl. The van der Waals surface area contributed by atoms with E-state index in [2.05, 4.69) is 31.4 Å². The van der Waals surface area contributed by atoms with E-state index in [1.165, 1.54) is 6.21 Å². The first kappa shape index (κ1) is 21.8. The van der Waals surface area contributed by atoms with E-state index in [0.717, 1.165) is 10.0 Å². The van der Waals surface area contributed by atoms with Crippen LogP contribution in [-0.2, 0) is 6.61 Å². The molecular formula is C22H19BrClN3O3. The van der Waals surface area contributed by atoms with Crippen LogP contribution in [0.2, 0.25) is 5.02 Å². The van der Waals surface area contributed by atoms with Crippen molar-refractivity contribution in [2.75, 3.05) is 6.61 Å². The Morgan fingerprint density at radius 2 is 1.93 bits per heavy atom. The van der Waals surface area contributed by atoms with E-state index in [-0.39, 0.29) is 5.69 Å². The quantitative estimate of drug-likeness (QED) is 0.348. The molecule has 0 fully saturated rings. The summed E-state index contributed by atoms with van der Waals surface area (Å²) in [6.45, 7) is 2.66. The van der Waals surface area contributed by atoms with Gasteiger partial charge in [-0.3, -0.25) is 9.78 Å². The van der Waals surface area contributed by atoms with Crippen LogP contribution in [0.15, 0.2) is 70.4 Å². The Kier molecular flexibility index (Phi) is 7.82. The molecule has 0 radical (unpaired) electrons. The van der Waals surface area contributed by atoms with Gasteiger partial charge in [0.2, 0.25) is 0 Å². The summed E-state index contributed by atoms with van der Waals surface area (Å²) in [7, 11) is 0. The second kappa shape index (κ2) is 10.8. The zero-order chi connectivity index (χ0) is 21.3. The van der Waals surface area contributed by atoms with Gasteiger partial charge in [-0.2, -0.15) is 5.10 Å². The molecule has 3 rings (SSSR count). The maximum Gasteiger partial charge on any atom is 0.289 e. The zero-order valence-corrected chi connectivity index (χ0v) is 18.5. The number of hydrogen-bond donors (Lipinski definition) is 1. The molecule has 30 heavy (non-hydrogen) atoms. The first-order valence-corrected chi connectivity index (χ1v) is 10.3. The normalized spacial score (nSPS) is 10.8. The Morgan fingerprint density at radius 3 is 2.67 bits per heavy atom. The van der Waals surface area contributed by atoms with Gasteiger partial charge in [0.1, 0.15) is 12.3 Å². The monoisotopic (exact) mass is 487 g/mol. The second-order valence-electron chi connectivity index (χ2n) is 6.05. The van der Waals surface area contributed by atoms with Crippen molar-refractivity contribution in [3.05, 3.63) is 87.1 Å². The molecule has 1 aromatic heterocycles. The second-order valence-corrected chi connectivity index (χ2v) is 7.31. The van der Waals surface area contributed by atoms with Crippen LogP contribution in [0.25, 0.3) is 0 Å². The van der Waals surface area contributed by atoms with Gasteiger partial charge in [-0.05, 0) is 53.2 Å². The minimum atomic E-state index is -0.396. The Balaban J connectivity index is 1.73. The van der Waals surface area contributed by atoms with Gasteiger partial charge in [-0.25, -0.2) is 5.43 Å². The van der Waals surface area contributed by atoms with Crippen molar-refractivity contribution in [1.82, 2.24) is 10.4 Å². The molecule has 8 heteroatoms. The number of benzene rings is 2. The number of carbonyl (C=O) groups is 1.